The summed E-state index contributed by atoms with van der Waals surface area (Å²) in [6.45, 7) is 3.12. The van der Waals surface area contributed by atoms with Gasteiger partial charge in [0, 0.05) is 42.4 Å². The van der Waals surface area contributed by atoms with Crippen LogP contribution in [0.2, 0.25) is 0 Å². The summed E-state index contributed by atoms with van der Waals surface area (Å²) in [5.74, 6) is 0.373. The topological polar surface area (TPSA) is 85.3 Å². The Balaban J connectivity index is 1.46. The molecule has 4 rings (SSSR count). The van der Waals surface area contributed by atoms with Crippen molar-refractivity contribution in [3.8, 4) is 5.75 Å². The zero-order chi connectivity index (χ0) is 21.1. The van der Waals surface area contributed by atoms with Crippen molar-refractivity contribution in [3.63, 3.8) is 0 Å². The molecule has 0 saturated carbocycles. The third-order valence-corrected chi connectivity index (χ3v) is 5.00. The van der Waals surface area contributed by atoms with Gasteiger partial charge in [0.15, 0.2) is 6.61 Å². The zero-order valence-corrected chi connectivity index (χ0v) is 16.9. The van der Waals surface area contributed by atoms with Crippen LogP contribution in [0.25, 0.3) is 21.8 Å². The van der Waals surface area contributed by atoms with Crippen molar-refractivity contribution >= 4 is 33.4 Å². The summed E-state index contributed by atoms with van der Waals surface area (Å²) in [6.07, 6.45) is 1.98. The van der Waals surface area contributed by atoms with Gasteiger partial charge in [-0.1, -0.05) is 12.1 Å². The summed E-state index contributed by atoms with van der Waals surface area (Å²) >= 11 is 0. The lowest BCUT2D eigenvalue weighted by molar-refractivity contribution is -0.118. The molecular formula is C23H23N3O4. The van der Waals surface area contributed by atoms with Crippen molar-refractivity contribution < 1.29 is 14.3 Å². The number of carbonyl (C=O) groups excluding carboxylic acids is 1. The van der Waals surface area contributed by atoms with E-state index in [9.17, 15) is 9.59 Å². The highest BCUT2D eigenvalue weighted by Gasteiger charge is 2.10. The number of rotatable bonds is 7. The Hall–Kier alpha value is -3.58. The summed E-state index contributed by atoms with van der Waals surface area (Å²) in [6, 6.07) is 14.7. The van der Waals surface area contributed by atoms with E-state index in [1.54, 1.807) is 19.2 Å². The molecule has 30 heavy (non-hydrogen) atoms. The molecule has 0 bridgehead atoms. The Morgan fingerprint density at radius 3 is 2.83 bits per heavy atom. The number of nitrogens with zero attached hydrogens (tertiary/aromatic N) is 1. The fourth-order valence-corrected chi connectivity index (χ4v) is 3.56. The molecule has 0 aliphatic carbocycles. The second-order valence-electron chi connectivity index (χ2n) is 7.10. The van der Waals surface area contributed by atoms with Gasteiger partial charge in [-0.25, -0.2) is 0 Å². The van der Waals surface area contributed by atoms with Crippen LogP contribution in [0.3, 0.4) is 0 Å². The highest BCUT2D eigenvalue weighted by Crippen LogP contribution is 2.26. The number of hydrogen-bond acceptors (Lipinski definition) is 4. The summed E-state index contributed by atoms with van der Waals surface area (Å²) in [5.41, 5.74) is 3.03. The van der Waals surface area contributed by atoms with E-state index in [0.717, 1.165) is 28.4 Å². The number of aryl methyl sites for hydroxylation is 1. The number of aromatic nitrogens is 2. The lowest BCUT2D eigenvalue weighted by atomic mass is 10.1. The fourth-order valence-electron chi connectivity index (χ4n) is 3.56. The van der Waals surface area contributed by atoms with Gasteiger partial charge < -0.3 is 24.3 Å². The third kappa shape index (κ3) is 4.06. The minimum atomic E-state index is -0.278. The molecule has 0 fully saturated rings. The molecular weight excluding hydrogens is 382 g/mol. The van der Waals surface area contributed by atoms with E-state index in [-0.39, 0.29) is 18.1 Å². The van der Waals surface area contributed by atoms with E-state index in [0.29, 0.717) is 23.6 Å². The molecule has 2 N–H and O–H groups in total. The summed E-state index contributed by atoms with van der Waals surface area (Å²) < 4.78 is 13.0. The molecule has 0 unspecified atom stereocenters. The number of anilines is 1. The van der Waals surface area contributed by atoms with Gasteiger partial charge in [-0.2, -0.15) is 0 Å². The molecule has 4 aromatic rings. The van der Waals surface area contributed by atoms with E-state index in [1.807, 2.05) is 49.5 Å². The van der Waals surface area contributed by atoms with Crippen molar-refractivity contribution in [2.75, 3.05) is 25.6 Å². The Labute approximate surface area is 173 Å². The standard InChI is InChI=1S/C23H23N3O4/c1-15-12-22(27)25-19-13-16(6-7-17(15)19)24-23(28)14-30-21-5-3-4-20-18(21)8-9-26(20)10-11-29-2/h3-9,12-13H,10-11,14H2,1-2H3,(H,24,28)(H,25,27). The lowest BCUT2D eigenvalue weighted by Gasteiger charge is -2.10. The van der Waals surface area contributed by atoms with Crippen molar-refractivity contribution in [1.29, 1.82) is 0 Å². The minimum Gasteiger partial charge on any atom is -0.483 e. The highest BCUT2D eigenvalue weighted by molar-refractivity contribution is 5.95. The third-order valence-electron chi connectivity index (χ3n) is 5.00. The fraction of sp³-hybridized carbons (Fsp3) is 0.217. The molecule has 7 nitrogen and oxygen atoms in total. The van der Waals surface area contributed by atoms with Gasteiger partial charge in [-0.3, -0.25) is 9.59 Å². The van der Waals surface area contributed by atoms with Crippen LogP contribution < -0.4 is 15.6 Å². The average molecular weight is 405 g/mol. The molecule has 0 radical (unpaired) electrons. The quantitative estimate of drug-likeness (QED) is 0.493. The maximum Gasteiger partial charge on any atom is 0.262 e. The van der Waals surface area contributed by atoms with E-state index >= 15 is 0 Å². The predicted molar refractivity (Wildman–Crippen MR) is 117 cm³/mol. The van der Waals surface area contributed by atoms with E-state index in [4.69, 9.17) is 9.47 Å². The van der Waals surface area contributed by atoms with E-state index in [2.05, 4.69) is 14.9 Å². The number of carbonyl (C=O) groups is 1. The number of H-pyrrole nitrogens is 1. The van der Waals surface area contributed by atoms with Gasteiger partial charge in [0.05, 0.1) is 17.6 Å². The number of amides is 1. The second-order valence-corrected chi connectivity index (χ2v) is 7.10. The highest BCUT2D eigenvalue weighted by atomic mass is 16.5. The van der Waals surface area contributed by atoms with Crippen molar-refractivity contribution in [1.82, 2.24) is 9.55 Å². The number of hydrogen-bond donors (Lipinski definition) is 2. The van der Waals surface area contributed by atoms with Crippen molar-refractivity contribution in [2.45, 2.75) is 13.5 Å². The van der Waals surface area contributed by atoms with Crippen LogP contribution in [-0.2, 0) is 16.1 Å². The summed E-state index contributed by atoms with van der Waals surface area (Å²) in [4.78, 5) is 26.9. The number of pyridine rings is 1. The smallest absolute Gasteiger partial charge is 0.262 e. The van der Waals surface area contributed by atoms with Gasteiger partial charge >= 0.3 is 0 Å². The molecule has 2 aromatic heterocycles. The molecule has 0 saturated heterocycles. The van der Waals surface area contributed by atoms with Gasteiger partial charge in [-0.05, 0) is 42.8 Å². The van der Waals surface area contributed by atoms with Crippen LogP contribution in [0, 0.1) is 6.92 Å². The van der Waals surface area contributed by atoms with E-state index < -0.39 is 0 Å². The second kappa shape index (κ2) is 8.42. The lowest BCUT2D eigenvalue weighted by Crippen LogP contribution is -2.20. The van der Waals surface area contributed by atoms with Gasteiger partial charge in [0.2, 0.25) is 5.56 Å². The maximum atomic E-state index is 12.4. The molecule has 7 heteroatoms. The van der Waals surface area contributed by atoms with Crippen LogP contribution >= 0.6 is 0 Å². The summed E-state index contributed by atoms with van der Waals surface area (Å²) in [5, 5.41) is 4.70. The van der Waals surface area contributed by atoms with E-state index in [1.165, 1.54) is 0 Å². The number of aromatic amines is 1. The Morgan fingerprint density at radius 1 is 1.13 bits per heavy atom. The first-order chi connectivity index (χ1) is 14.5. The number of ether oxygens (including phenoxy) is 2. The largest absolute Gasteiger partial charge is 0.483 e. The Kier molecular flexibility index (Phi) is 5.54. The van der Waals surface area contributed by atoms with Crippen LogP contribution in [0.4, 0.5) is 5.69 Å². The van der Waals surface area contributed by atoms with Crippen LogP contribution in [0.5, 0.6) is 5.75 Å². The molecule has 1 amide bonds. The SMILES string of the molecule is COCCn1ccc2c(OCC(=O)Nc3ccc4c(C)cc(=O)[nH]c4c3)cccc21. The Morgan fingerprint density at radius 2 is 2.00 bits per heavy atom. The molecule has 0 spiro atoms. The number of benzene rings is 2. The number of nitrogens with one attached hydrogen (secondary N) is 2. The minimum absolute atomic E-state index is 0.120. The van der Waals surface area contributed by atoms with Crippen LogP contribution in [0.15, 0.2) is 59.5 Å². The molecule has 0 aliphatic heterocycles. The number of fused-ring (bicyclic) bond motifs is 2. The molecule has 0 atom stereocenters. The number of methoxy groups -OCH3 is 1. The first-order valence-electron chi connectivity index (χ1n) is 9.68. The first kappa shape index (κ1) is 19.7. The van der Waals surface area contributed by atoms with Crippen molar-refractivity contribution in [2.24, 2.45) is 0 Å². The molecule has 2 heterocycles. The van der Waals surface area contributed by atoms with Gasteiger partial charge in [0.25, 0.3) is 5.91 Å². The molecule has 2 aromatic carbocycles. The zero-order valence-electron chi connectivity index (χ0n) is 16.9. The van der Waals surface area contributed by atoms with Gasteiger partial charge in [-0.15, -0.1) is 0 Å². The Bertz CT molecular complexity index is 1270. The van der Waals surface area contributed by atoms with Gasteiger partial charge in [0.1, 0.15) is 5.75 Å². The monoisotopic (exact) mass is 405 g/mol. The predicted octanol–water partition coefficient (Wildman–Crippen LogP) is 3.46. The van der Waals surface area contributed by atoms with Crippen molar-refractivity contribution in [3.05, 3.63) is 70.6 Å². The molecule has 0 aliphatic rings. The van der Waals surface area contributed by atoms with Crippen LogP contribution in [0.1, 0.15) is 5.56 Å². The average Bonchev–Trinajstić information content (AvgIpc) is 3.14. The molecule has 154 valence electrons. The summed E-state index contributed by atoms with van der Waals surface area (Å²) in [7, 11) is 1.67. The first-order valence-corrected chi connectivity index (χ1v) is 9.68. The van der Waals surface area contributed by atoms with Crippen LogP contribution in [-0.4, -0.2) is 35.8 Å². The maximum absolute atomic E-state index is 12.4. The normalized spacial score (nSPS) is 11.1.